The van der Waals surface area contributed by atoms with Gasteiger partial charge in [0.05, 0.1) is 11.3 Å². The van der Waals surface area contributed by atoms with Gasteiger partial charge in [0.2, 0.25) is 0 Å². The summed E-state index contributed by atoms with van der Waals surface area (Å²) in [4.78, 5) is 24.2. The highest BCUT2D eigenvalue weighted by atomic mass is 32.1. The largest absolute Gasteiger partial charge is 0.481 e. The van der Waals surface area contributed by atoms with Crippen LogP contribution in [-0.2, 0) is 11.2 Å². The maximum Gasteiger partial charge on any atom is 0.307 e. The number of carbonyl (C=O) groups excluding carboxylic acids is 1. The molecular weight excluding hydrogens is 262 g/mol. The molecule has 0 bridgehead atoms. The standard InChI is InChI=1S/C14H13NO3S/c1-9-2-7-12(19-9)14(18)15-11-5-3-10(4-6-11)8-13(16)17/h2-7H,8H2,1H3,(H,15,18)(H,16,17). The first-order valence-corrected chi connectivity index (χ1v) is 6.55. The van der Waals surface area contributed by atoms with E-state index in [0.717, 1.165) is 4.88 Å². The Hall–Kier alpha value is -2.14. The smallest absolute Gasteiger partial charge is 0.307 e. The third-order valence-electron chi connectivity index (χ3n) is 2.53. The van der Waals surface area contributed by atoms with Gasteiger partial charge in [-0.3, -0.25) is 9.59 Å². The van der Waals surface area contributed by atoms with Crippen LogP contribution in [0.3, 0.4) is 0 Å². The van der Waals surface area contributed by atoms with Crippen LogP contribution >= 0.6 is 11.3 Å². The number of hydrogen-bond acceptors (Lipinski definition) is 3. The van der Waals surface area contributed by atoms with Crippen LogP contribution in [0.2, 0.25) is 0 Å². The quantitative estimate of drug-likeness (QED) is 0.901. The Kier molecular flexibility index (Phi) is 3.97. The first-order chi connectivity index (χ1) is 9.04. The average molecular weight is 275 g/mol. The van der Waals surface area contributed by atoms with Crippen molar-refractivity contribution in [2.24, 2.45) is 0 Å². The van der Waals surface area contributed by atoms with Crippen molar-refractivity contribution < 1.29 is 14.7 Å². The van der Waals surface area contributed by atoms with Gasteiger partial charge in [-0.05, 0) is 36.8 Å². The SMILES string of the molecule is Cc1ccc(C(=O)Nc2ccc(CC(=O)O)cc2)s1. The third-order valence-corrected chi connectivity index (χ3v) is 3.53. The minimum atomic E-state index is -0.870. The zero-order chi connectivity index (χ0) is 13.8. The fourth-order valence-electron chi connectivity index (χ4n) is 1.63. The van der Waals surface area contributed by atoms with Crippen molar-refractivity contribution in [3.05, 3.63) is 51.7 Å². The maximum absolute atomic E-state index is 11.9. The van der Waals surface area contributed by atoms with Crippen LogP contribution in [0.15, 0.2) is 36.4 Å². The van der Waals surface area contributed by atoms with Crippen molar-refractivity contribution in [2.45, 2.75) is 13.3 Å². The molecule has 0 atom stereocenters. The minimum absolute atomic E-state index is 0.0155. The summed E-state index contributed by atoms with van der Waals surface area (Å²) in [5.74, 6) is -1.02. The first-order valence-electron chi connectivity index (χ1n) is 5.73. The number of carbonyl (C=O) groups is 2. The second-order valence-corrected chi connectivity index (χ2v) is 5.42. The number of amides is 1. The van der Waals surface area contributed by atoms with E-state index in [-0.39, 0.29) is 12.3 Å². The van der Waals surface area contributed by atoms with Gasteiger partial charge in [-0.25, -0.2) is 0 Å². The number of carboxylic acids is 1. The molecule has 0 aliphatic heterocycles. The fraction of sp³-hybridized carbons (Fsp3) is 0.143. The van der Waals surface area contributed by atoms with Gasteiger partial charge in [0.1, 0.15) is 0 Å². The van der Waals surface area contributed by atoms with Crippen LogP contribution in [0, 0.1) is 6.92 Å². The molecule has 1 aromatic heterocycles. The van der Waals surface area contributed by atoms with Gasteiger partial charge in [-0.15, -0.1) is 11.3 Å². The van der Waals surface area contributed by atoms with E-state index < -0.39 is 5.97 Å². The Morgan fingerprint density at radius 2 is 1.84 bits per heavy atom. The minimum Gasteiger partial charge on any atom is -0.481 e. The summed E-state index contributed by atoms with van der Waals surface area (Å²) in [6, 6.07) is 10.5. The zero-order valence-electron chi connectivity index (χ0n) is 10.3. The predicted octanol–water partition coefficient (Wildman–Crippen LogP) is 2.94. The van der Waals surface area contributed by atoms with Gasteiger partial charge in [-0.2, -0.15) is 0 Å². The highest BCUT2D eigenvalue weighted by molar-refractivity contribution is 7.14. The Labute approximate surface area is 114 Å². The molecular formula is C14H13NO3S. The molecule has 1 heterocycles. The zero-order valence-corrected chi connectivity index (χ0v) is 11.2. The molecule has 0 fully saturated rings. The molecule has 98 valence electrons. The number of hydrogen-bond donors (Lipinski definition) is 2. The topological polar surface area (TPSA) is 66.4 Å². The van der Waals surface area contributed by atoms with Gasteiger partial charge in [0.25, 0.3) is 5.91 Å². The van der Waals surface area contributed by atoms with Crippen LogP contribution in [0.1, 0.15) is 20.1 Å². The lowest BCUT2D eigenvalue weighted by Gasteiger charge is -2.04. The molecule has 0 saturated carbocycles. The van der Waals surface area contributed by atoms with Crippen molar-refractivity contribution in [1.82, 2.24) is 0 Å². The monoisotopic (exact) mass is 275 g/mol. The molecule has 2 N–H and O–H groups in total. The number of nitrogens with one attached hydrogen (secondary N) is 1. The van der Waals surface area contributed by atoms with E-state index in [9.17, 15) is 9.59 Å². The molecule has 0 unspecified atom stereocenters. The molecule has 0 aliphatic carbocycles. The molecule has 0 radical (unpaired) electrons. The first kappa shape index (κ1) is 13.3. The van der Waals surface area contributed by atoms with Gasteiger partial charge in [0, 0.05) is 10.6 Å². The van der Waals surface area contributed by atoms with E-state index in [2.05, 4.69) is 5.32 Å². The summed E-state index contributed by atoms with van der Waals surface area (Å²) < 4.78 is 0. The Morgan fingerprint density at radius 1 is 1.16 bits per heavy atom. The predicted molar refractivity (Wildman–Crippen MR) is 74.8 cm³/mol. The van der Waals surface area contributed by atoms with Crippen molar-refractivity contribution in [1.29, 1.82) is 0 Å². The molecule has 2 rings (SSSR count). The average Bonchev–Trinajstić information content (AvgIpc) is 2.78. The van der Waals surface area contributed by atoms with Gasteiger partial charge >= 0.3 is 5.97 Å². The van der Waals surface area contributed by atoms with E-state index in [1.54, 1.807) is 30.3 Å². The highest BCUT2D eigenvalue weighted by Gasteiger charge is 2.08. The lowest BCUT2D eigenvalue weighted by molar-refractivity contribution is -0.136. The van der Waals surface area contributed by atoms with E-state index >= 15 is 0 Å². The molecule has 0 spiro atoms. The van der Waals surface area contributed by atoms with Crippen LogP contribution in [0.4, 0.5) is 5.69 Å². The lowest BCUT2D eigenvalue weighted by Crippen LogP contribution is -2.10. The Balaban J connectivity index is 2.03. The lowest BCUT2D eigenvalue weighted by atomic mass is 10.1. The molecule has 19 heavy (non-hydrogen) atoms. The molecule has 1 aromatic carbocycles. The molecule has 0 saturated heterocycles. The Morgan fingerprint density at radius 3 is 2.37 bits per heavy atom. The molecule has 0 aliphatic rings. The van der Waals surface area contributed by atoms with Gasteiger partial charge < -0.3 is 10.4 Å². The molecule has 1 amide bonds. The number of carboxylic acid groups (broad SMARTS) is 1. The van der Waals surface area contributed by atoms with Crippen LogP contribution < -0.4 is 5.32 Å². The second kappa shape index (κ2) is 5.67. The summed E-state index contributed by atoms with van der Waals surface area (Å²) in [5.41, 5.74) is 1.36. The summed E-state index contributed by atoms with van der Waals surface area (Å²) in [7, 11) is 0. The van der Waals surface area contributed by atoms with Gasteiger partial charge in [-0.1, -0.05) is 12.1 Å². The van der Waals surface area contributed by atoms with E-state index in [1.165, 1.54) is 11.3 Å². The van der Waals surface area contributed by atoms with E-state index in [1.807, 2.05) is 13.0 Å². The van der Waals surface area contributed by atoms with Crippen molar-refractivity contribution >= 4 is 28.9 Å². The number of anilines is 1. The number of benzene rings is 1. The molecule has 4 nitrogen and oxygen atoms in total. The second-order valence-electron chi connectivity index (χ2n) is 4.13. The van der Waals surface area contributed by atoms with Crippen molar-refractivity contribution in [2.75, 3.05) is 5.32 Å². The number of aliphatic carboxylic acids is 1. The molecule has 5 heteroatoms. The van der Waals surface area contributed by atoms with Crippen LogP contribution in [0.25, 0.3) is 0 Å². The molecule has 2 aromatic rings. The Bertz CT molecular complexity index is 601. The normalized spacial score (nSPS) is 10.2. The number of thiophene rings is 1. The van der Waals surface area contributed by atoms with E-state index in [4.69, 9.17) is 5.11 Å². The summed E-state index contributed by atoms with van der Waals surface area (Å²) >= 11 is 1.44. The number of rotatable bonds is 4. The summed E-state index contributed by atoms with van der Waals surface area (Å²) in [6.07, 6.45) is -0.0155. The highest BCUT2D eigenvalue weighted by Crippen LogP contribution is 2.17. The van der Waals surface area contributed by atoms with Crippen molar-refractivity contribution in [3.63, 3.8) is 0 Å². The number of aryl methyl sites for hydroxylation is 1. The summed E-state index contributed by atoms with van der Waals surface area (Å²) in [5, 5.41) is 11.4. The van der Waals surface area contributed by atoms with Crippen LogP contribution in [-0.4, -0.2) is 17.0 Å². The van der Waals surface area contributed by atoms with Gasteiger partial charge in [0.15, 0.2) is 0 Å². The summed E-state index contributed by atoms with van der Waals surface area (Å²) in [6.45, 7) is 1.95. The third kappa shape index (κ3) is 3.66. The van der Waals surface area contributed by atoms with E-state index in [0.29, 0.717) is 16.1 Å². The fourth-order valence-corrected chi connectivity index (χ4v) is 2.39. The maximum atomic E-state index is 11.9. The van der Waals surface area contributed by atoms with Crippen LogP contribution in [0.5, 0.6) is 0 Å². The van der Waals surface area contributed by atoms with Crippen molar-refractivity contribution in [3.8, 4) is 0 Å².